The zero-order chi connectivity index (χ0) is 22.1. The number of thioether (sulfide) groups is 2. The minimum absolute atomic E-state index is 0.00684. The molecule has 4 N–H and O–H groups in total. The summed E-state index contributed by atoms with van der Waals surface area (Å²) in [6, 6.07) is 7.18. The molecule has 2 aromatic rings. The summed E-state index contributed by atoms with van der Waals surface area (Å²) >= 11 is 4.45. The van der Waals surface area contributed by atoms with E-state index in [2.05, 4.69) is 10.3 Å². The van der Waals surface area contributed by atoms with E-state index >= 15 is 0 Å². The second-order valence-electron chi connectivity index (χ2n) is 7.07. The molecule has 1 fully saturated rings. The van der Waals surface area contributed by atoms with E-state index in [1.807, 2.05) is 13.0 Å². The first-order valence-corrected chi connectivity index (χ1v) is 12.3. The molecule has 31 heavy (non-hydrogen) atoms. The molecule has 2 unspecified atom stereocenters. The first kappa shape index (κ1) is 21.9. The zero-order valence-electron chi connectivity index (χ0n) is 16.5. The maximum Gasteiger partial charge on any atom is 0.352 e. The highest BCUT2D eigenvalue weighted by atomic mass is 32.2. The molecule has 0 radical (unpaired) electrons. The van der Waals surface area contributed by atoms with E-state index in [-0.39, 0.29) is 5.70 Å². The van der Waals surface area contributed by atoms with Gasteiger partial charge in [0.1, 0.15) is 27.5 Å². The summed E-state index contributed by atoms with van der Waals surface area (Å²) < 4.78 is 0.858. The standard InChI is InChI=1S/C20H20N4O4S3/c1-10-7-22-20(31-10)30-9-12-8-29-18-14(17(26)24(18)15(12)19(27)28)23-16(25)13(21)11-5-3-2-4-6-11/h2-7,13-14,18H,8-9,21H2,1H3,(H,23,25)(H,27,28)/t13?,14?,18-/m1/s1. The normalized spacial score (nSPS) is 21.4. The van der Waals surface area contributed by atoms with Gasteiger partial charge >= 0.3 is 5.97 Å². The number of β-lactam (4-membered cyclic amide) rings is 1. The van der Waals surface area contributed by atoms with Crippen molar-refractivity contribution in [2.75, 3.05) is 11.5 Å². The summed E-state index contributed by atoms with van der Waals surface area (Å²) in [5.41, 5.74) is 7.34. The van der Waals surface area contributed by atoms with Crippen molar-refractivity contribution in [2.45, 2.75) is 28.7 Å². The first-order chi connectivity index (χ1) is 14.9. The lowest BCUT2D eigenvalue weighted by Crippen LogP contribution is -2.71. The Morgan fingerprint density at radius 2 is 2.13 bits per heavy atom. The van der Waals surface area contributed by atoms with Crippen LogP contribution in [0.3, 0.4) is 0 Å². The summed E-state index contributed by atoms with van der Waals surface area (Å²) in [5.74, 6) is -1.14. The molecule has 2 aliphatic heterocycles. The van der Waals surface area contributed by atoms with Crippen LogP contribution in [0.1, 0.15) is 16.5 Å². The van der Waals surface area contributed by atoms with Crippen LogP contribution in [0.2, 0.25) is 0 Å². The lowest BCUT2D eigenvalue weighted by atomic mass is 10.0. The van der Waals surface area contributed by atoms with Gasteiger partial charge in [0.15, 0.2) is 0 Å². The number of rotatable bonds is 7. The highest BCUT2D eigenvalue weighted by molar-refractivity contribution is 8.01. The van der Waals surface area contributed by atoms with E-state index in [9.17, 15) is 19.5 Å². The summed E-state index contributed by atoms with van der Waals surface area (Å²) in [4.78, 5) is 43.9. The number of nitrogens with zero attached hydrogens (tertiary/aromatic N) is 2. The highest BCUT2D eigenvalue weighted by Gasteiger charge is 2.54. The van der Waals surface area contributed by atoms with E-state index in [1.165, 1.54) is 28.4 Å². The topological polar surface area (TPSA) is 126 Å². The second kappa shape index (κ2) is 9.03. The van der Waals surface area contributed by atoms with Crippen LogP contribution in [-0.4, -0.2) is 55.7 Å². The SMILES string of the molecule is Cc1cnc(SCC2=C(C(=O)O)N3C(=O)C(NC(=O)C(N)c4ccccc4)[C@H]3SC2)s1. The van der Waals surface area contributed by atoms with Crippen LogP contribution in [0.4, 0.5) is 0 Å². The van der Waals surface area contributed by atoms with Gasteiger partial charge < -0.3 is 16.2 Å². The van der Waals surface area contributed by atoms with Crippen LogP contribution in [0.15, 0.2) is 52.1 Å². The largest absolute Gasteiger partial charge is 0.477 e. The number of nitrogens with two attached hydrogens (primary N) is 1. The van der Waals surface area contributed by atoms with Gasteiger partial charge in [-0.05, 0) is 18.1 Å². The number of thiazole rings is 1. The van der Waals surface area contributed by atoms with Crippen LogP contribution in [0.25, 0.3) is 0 Å². The maximum atomic E-state index is 12.8. The van der Waals surface area contributed by atoms with Gasteiger partial charge in [0.25, 0.3) is 5.91 Å². The average Bonchev–Trinajstić information content (AvgIpc) is 3.20. The Morgan fingerprint density at radius 1 is 1.39 bits per heavy atom. The predicted octanol–water partition coefficient (Wildman–Crippen LogP) is 1.98. The molecule has 0 bridgehead atoms. The second-order valence-corrected chi connectivity index (χ2v) is 10.6. The van der Waals surface area contributed by atoms with Gasteiger partial charge in [0.05, 0.1) is 0 Å². The number of hydrogen-bond donors (Lipinski definition) is 3. The molecule has 2 amide bonds. The molecule has 1 aromatic carbocycles. The van der Waals surface area contributed by atoms with Crippen LogP contribution in [0.5, 0.6) is 0 Å². The van der Waals surface area contributed by atoms with Gasteiger partial charge in [0.2, 0.25) is 5.91 Å². The minimum Gasteiger partial charge on any atom is -0.477 e. The van der Waals surface area contributed by atoms with E-state index in [1.54, 1.807) is 41.8 Å². The number of fused-ring (bicyclic) bond motifs is 1. The third kappa shape index (κ3) is 4.36. The number of aryl methyl sites for hydroxylation is 1. The number of aromatic nitrogens is 1. The molecule has 2 aliphatic rings. The Labute approximate surface area is 191 Å². The van der Waals surface area contributed by atoms with E-state index < -0.39 is 35.2 Å². The summed E-state index contributed by atoms with van der Waals surface area (Å²) in [6.07, 6.45) is 1.78. The quantitative estimate of drug-likeness (QED) is 0.409. The summed E-state index contributed by atoms with van der Waals surface area (Å²) in [5, 5.41) is 12.0. The van der Waals surface area contributed by atoms with E-state index in [0.717, 1.165) is 9.22 Å². The van der Waals surface area contributed by atoms with E-state index in [4.69, 9.17) is 5.73 Å². The van der Waals surface area contributed by atoms with Crippen molar-refractivity contribution < 1.29 is 19.5 Å². The zero-order valence-corrected chi connectivity index (χ0v) is 18.9. The summed E-state index contributed by atoms with van der Waals surface area (Å²) in [6.45, 7) is 1.96. The lowest BCUT2D eigenvalue weighted by Gasteiger charge is -2.49. The molecule has 162 valence electrons. The summed E-state index contributed by atoms with van der Waals surface area (Å²) in [7, 11) is 0. The third-order valence-electron chi connectivity index (χ3n) is 4.96. The Kier molecular flexibility index (Phi) is 6.37. The average molecular weight is 477 g/mol. The smallest absolute Gasteiger partial charge is 0.352 e. The van der Waals surface area contributed by atoms with Crippen molar-refractivity contribution in [1.82, 2.24) is 15.2 Å². The molecular weight excluding hydrogens is 456 g/mol. The molecule has 3 atom stereocenters. The van der Waals surface area contributed by atoms with Crippen molar-refractivity contribution in [1.29, 1.82) is 0 Å². The molecule has 0 aliphatic carbocycles. The number of carbonyl (C=O) groups is 3. The first-order valence-electron chi connectivity index (χ1n) is 9.43. The predicted molar refractivity (Wildman–Crippen MR) is 121 cm³/mol. The van der Waals surface area contributed by atoms with Crippen molar-refractivity contribution in [2.24, 2.45) is 5.73 Å². The van der Waals surface area contributed by atoms with E-state index in [0.29, 0.717) is 22.6 Å². The molecule has 0 saturated carbocycles. The Bertz CT molecular complexity index is 1060. The fourth-order valence-electron chi connectivity index (χ4n) is 3.40. The maximum absolute atomic E-state index is 12.8. The third-order valence-corrected chi connectivity index (χ3v) is 8.45. The lowest BCUT2D eigenvalue weighted by molar-refractivity contribution is -0.150. The number of carboxylic acid groups (broad SMARTS) is 1. The van der Waals surface area contributed by atoms with Gasteiger partial charge in [-0.3, -0.25) is 14.5 Å². The molecular formula is C20H20N4O4S3. The minimum atomic E-state index is -1.14. The molecule has 0 spiro atoms. The van der Waals surface area contributed by atoms with Gasteiger partial charge in [-0.25, -0.2) is 9.78 Å². The van der Waals surface area contributed by atoms with Crippen LogP contribution in [-0.2, 0) is 14.4 Å². The van der Waals surface area contributed by atoms with Gasteiger partial charge in [0, 0.05) is 22.6 Å². The van der Waals surface area contributed by atoms with Gasteiger partial charge in [-0.15, -0.1) is 23.1 Å². The van der Waals surface area contributed by atoms with Crippen LogP contribution >= 0.6 is 34.9 Å². The molecule has 1 aromatic heterocycles. The number of nitrogens with one attached hydrogen (secondary N) is 1. The number of amides is 2. The van der Waals surface area contributed by atoms with Crippen molar-refractivity contribution >= 4 is 52.6 Å². The fourth-order valence-corrected chi connectivity index (χ4v) is 6.83. The van der Waals surface area contributed by atoms with Gasteiger partial charge in [-0.2, -0.15) is 0 Å². The Balaban J connectivity index is 1.45. The molecule has 8 nitrogen and oxygen atoms in total. The van der Waals surface area contributed by atoms with Crippen molar-refractivity contribution in [3.63, 3.8) is 0 Å². The van der Waals surface area contributed by atoms with Crippen LogP contribution < -0.4 is 11.1 Å². The van der Waals surface area contributed by atoms with Crippen LogP contribution in [0, 0.1) is 6.92 Å². The fraction of sp³-hybridized carbons (Fsp3) is 0.300. The Hall–Kier alpha value is -2.34. The highest BCUT2D eigenvalue weighted by Crippen LogP contribution is 2.42. The molecule has 3 heterocycles. The molecule has 11 heteroatoms. The number of carboxylic acids is 1. The van der Waals surface area contributed by atoms with Crippen molar-refractivity contribution in [3.8, 4) is 0 Å². The molecule has 1 saturated heterocycles. The monoisotopic (exact) mass is 476 g/mol. The number of benzene rings is 1. The number of hydrogen-bond acceptors (Lipinski definition) is 8. The number of aliphatic carboxylic acids is 1. The molecule has 4 rings (SSSR count). The van der Waals surface area contributed by atoms with Gasteiger partial charge in [-0.1, -0.05) is 42.1 Å². The van der Waals surface area contributed by atoms with Crippen molar-refractivity contribution in [3.05, 3.63) is 58.2 Å². The number of carbonyl (C=O) groups excluding carboxylic acids is 2. The Morgan fingerprint density at radius 3 is 2.77 bits per heavy atom.